The molecule has 4 aromatic rings. The van der Waals surface area contributed by atoms with Gasteiger partial charge in [-0.2, -0.15) is 9.40 Å². The first kappa shape index (κ1) is 23.8. The minimum Gasteiger partial charge on any atom is -0.307 e. The number of halogens is 1. The van der Waals surface area contributed by atoms with E-state index in [0.29, 0.717) is 0 Å². The summed E-state index contributed by atoms with van der Waals surface area (Å²) in [5.74, 6) is -1.37. The molecule has 9 nitrogen and oxygen atoms in total. The van der Waals surface area contributed by atoms with E-state index in [1.54, 1.807) is 23.1 Å². The van der Waals surface area contributed by atoms with Gasteiger partial charge in [0.1, 0.15) is 22.3 Å². The van der Waals surface area contributed by atoms with Crippen LogP contribution in [-0.4, -0.2) is 52.3 Å². The van der Waals surface area contributed by atoms with Gasteiger partial charge in [-0.3, -0.25) is 14.3 Å². The average molecular weight is 508 g/mol. The number of amides is 1. The van der Waals surface area contributed by atoms with Crippen molar-refractivity contribution in [2.75, 3.05) is 18.4 Å². The summed E-state index contributed by atoms with van der Waals surface area (Å²) in [6.45, 7) is -0.0296. The maximum absolute atomic E-state index is 14.5. The minimum absolute atomic E-state index is 0.0148. The highest BCUT2D eigenvalue weighted by molar-refractivity contribution is 7.89. The minimum atomic E-state index is -4.20. The number of hydrogen-bond acceptors (Lipinski definition) is 6. The first-order valence-corrected chi connectivity index (χ1v) is 12.7. The number of piperidine rings is 1. The average Bonchev–Trinajstić information content (AvgIpc) is 3.30. The molecule has 3 heterocycles. The molecule has 0 unspecified atom stereocenters. The van der Waals surface area contributed by atoms with Crippen LogP contribution in [0.4, 0.5) is 10.2 Å². The number of benzene rings is 2. The largest absolute Gasteiger partial charge is 0.307 e. The van der Waals surface area contributed by atoms with Crippen LogP contribution < -0.4 is 5.32 Å². The topological polar surface area (TPSA) is 114 Å². The molecule has 1 saturated heterocycles. The van der Waals surface area contributed by atoms with E-state index in [4.69, 9.17) is 0 Å². The lowest BCUT2D eigenvalue weighted by molar-refractivity contribution is -0.120. The number of aryl methyl sites for hydroxylation is 1. The number of nitrogens with one attached hydrogen (secondary N) is 1. The zero-order valence-corrected chi connectivity index (χ0v) is 20.1. The summed E-state index contributed by atoms with van der Waals surface area (Å²) in [7, 11) is -2.36. The molecule has 1 amide bonds. The highest BCUT2D eigenvalue weighted by Crippen LogP contribution is 2.26. The molecular weight excluding hydrogens is 485 g/mol. The predicted molar refractivity (Wildman–Crippen MR) is 131 cm³/mol. The number of aromatic nitrogens is 3. The van der Waals surface area contributed by atoms with Gasteiger partial charge in [0.05, 0.1) is 6.20 Å². The normalized spacial score (nSPS) is 14.8. The van der Waals surface area contributed by atoms with E-state index in [1.165, 1.54) is 6.07 Å². The number of Topliss-reactive ketones (excluding diaryl/α,β-unsaturated/α-hetero) is 1. The summed E-state index contributed by atoms with van der Waals surface area (Å²) in [6, 6.07) is 10.7. The molecule has 0 bridgehead atoms. The van der Waals surface area contributed by atoms with Crippen LogP contribution in [0, 0.1) is 5.82 Å². The third kappa shape index (κ3) is 4.62. The first-order valence-electron chi connectivity index (χ1n) is 11.2. The number of ketones is 1. The van der Waals surface area contributed by atoms with Crippen molar-refractivity contribution in [3.8, 4) is 11.1 Å². The van der Waals surface area contributed by atoms with E-state index >= 15 is 0 Å². The lowest BCUT2D eigenvalue weighted by Gasteiger charge is -2.25. The van der Waals surface area contributed by atoms with Crippen molar-refractivity contribution >= 4 is 38.3 Å². The molecule has 0 aliphatic carbocycles. The molecule has 0 saturated carbocycles. The predicted octanol–water partition coefficient (Wildman–Crippen LogP) is 3.38. The Morgan fingerprint density at radius 1 is 1.00 bits per heavy atom. The number of hydrogen-bond donors (Lipinski definition) is 1. The number of carbonyl (C=O) groups is 2. The molecule has 36 heavy (non-hydrogen) atoms. The second-order valence-electron chi connectivity index (χ2n) is 8.58. The summed E-state index contributed by atoms with van der Waals surface area (Å²) >= 11 is 0. The molecule has 2 aromatic carbocycles. The van der Waals surface area contributed by atoms with E-state index in [1.807, 2.05) is 31.4 Å². The molecule has 11 heteroatoms. The van der Waals surface area contributed by atoms with Gasteiger partial charge >= 0.3 is 0 Å². The van der Waals surface area contributed by atoms with Crippen LogP contribution in [0.2, 0.25) is 0 Å². The Morgan fingerprint density at radius 3 is 2.50 bits per heavy atom. The van der Waals surface area contributed by atoms with E-state index < -0.39 is 26.6 Å². The number of fused-ring (bicyclic) bond motifs is 1. The van der Waals surface area contributed by atoms with Crippen molar-refractivity contribution in [3.63, 3.8) is 0 Å². The number of anilines is 1. The van der Waals surface area contributed by atoms with Crippen molar-refractivity contribution < 1.29 is 22.4 Å². The summed E-state index contributed by atoms with van der Waals surface area (Å²) in [4.78, 5) is 28.1. The first-order chi connectivity index (χ1) is 17.2. The van der Waals surface area contributed by atoms with Crippen LogP contribution in [0.25, 0.3) is 21.9 Å². The zero-order valence-electron chi connectivity index (χ0n) is 19.3. The SMILES string of the molecule is Cn1cc(-c2ccc3cnc(NC(=O)c4ccc(F)c(S(=O)(=O)N5CCC(=O)CC5)c4)cc3c2)cn1. The second kappa shape index (κ2) is 9.25. The number of nitrogens with zero attached hydrogens (tertiary/aromatic N) is 4. The van der Waals surface area contributed by atoms with Gasteiger partial charge < -0.3 is 5.32 Å². The maximum atomic E-state index is 14.5. The molecule has 0 atom stereocenters. The van der Waals surface area contributed by atoms with Crippen LogP contribution in [0.5, 0.6) is 0 Å². The van der Waals surface area contributed by atoms with Crippen LogP contribution in [-0.2, 0) is 21.9 Å². The summed E-state index contributed by atoms with van der Waals surface area (Å²) in [5.41, 5.74) is 1.86. The van der Waals surface area contributed by atoms with Crippen molar-refractivity contribution in [2.45, 2.75) is 17.7 Å². The van der Waals surface area contributed by atoms with Gasteiger partial charge in [0.25, 0.3) is 5.91 Å². The van der Waals surface area contributed by atoms with Crippen molar-refractivity contribution in [3.05, 3.63) is 72.4 Å². The van der Waals surface area contributed by atoms with Crippen LogP contribution in [0.3, 0.4) is 0 Å². The van der Waals surface area contributed by atoms with Gasteiger partial charge in [-0.05, 0) is 41.3 Å². The molecule has 0 spiro atoms. The quantitative estimate of drug-likeness (QED) is 0.443. The second-order valence-corrected chi connectivity index (χ2v) is 10.5. The Bertz CT molecular complexity index is 1610. The third-order valence-electron chi connectivity index (χ3n) is 6.09. The van der Waals surface area contributed by atoms with E-state index in [2.05, 4.69) is 15.4 Å². The molecule has 1 N–H and O–H groups in total. The third-order valence-corrected chi connectivity index (χ3v) is 8.01. The smallest absolute Gasteiger partial charge is 0.256 e. The molecule has 1 aliphatic heterocycles. The van der Waals surface area contributed by atoms with E-state index in [0.717, 1.165) is 38.3 Å². The van der Waals surface area contributed by atoms with Gasteiger partial charge in [0, 0.05) is 61.9 Å². The molecule has 2 aromatic heterocycles. The van der Waals surface area contributed by atoms with Crippen LogP contribution in [0.15, 0.2) is 66.0 Å². The number of rotatable bonds is 5. The fraction of sp³-hybridized carbons (Fsp3) is 0.200. The molecule has 5 rings (SSSR count). The van der Waals surface area contributed by atoms with Crippen molar-refractivity contribution in [1.29, 1.82) is 0 Å². The van der Waals surface area contributed by atoms with Gasteiger partial charge in [0.2, 0.25) is 10.0 Å². The lowest BCUT2D eigenvalue weighted by atomic mass is 10.1. The highest BCUT2D eigenvalue weighted by Gasteiger charge is 2.31. The molecule has 1 aliphatic rings. The number of sulfonamides is 1. The van der Waals surface area contributed by atoms with E-state index in [-0.39, 0.29) is 43.1 Å². The maximum Gasteiger partial charge on any atom is 0.256 e. The Hall–Kier alpha value is -3.96. The molecular formula is C25H22FN5O4S. The Labute approximate surface area is 206 Å². The molecule has 184 valence electrons. The summed E-state index contributed by atoms with van der Waals surface area (Å²) in [5, 5.41) is 8.55. The van der Waals surface area contributed by atoms with E-state index in [9.17, 15) is 22.4 Å². The Balaban J connectivity index is 1.40. The fourth-order valence-corrected chi connectivity index (χ4v) is 5.64. The number of pyridine rings is 1. The Kier molecular flexibility index (Phi) is 6.10. The zero-order chi connectivity index (χ0) is 25.4. The summed E-state index contributed by atoms with van der Waals surface area (Å²) in [6.07, 6.45) is 5.43. The monoisotopic (exact) mass is 507 g/mol. The Morgan fingerprint density at radius 2 is 1.78 bits per heavy atom. The summed E-state index contributed by atoms with van der Waals surface area (Å²) < 4.78 is 43.2. The number of carbonyl (C=O) groups excluding carboxylic acids is 2. The van der Waals surface area contributed by atoms with Gasteiger partial charge in [-0.15, -0.1) is 0 Å². The fourth-order valence-electron chi connectivity index (χ4n) is 4.11. The molecule has 0 radical (unpaired) electrons. The van der Waals surface area contributed by atoms with Gasteiger partial charge in [-0.25, -0.2) is 17.8 Å². The molecule has 1 fully saturated rings. The van der Waals surface area contributed by atoms with Crippen LogP contribution >= 0.6 is 0 Å². The van der Waals surface area contributed by atoms with Crippen molar-refractivity contribution in [2.24, 2.45) is 7.05 Å². The van der Waals surface area contributed by atoms with Crippen molar-refractivity contribution in [1.82, 2.24) is 19.1 Å². The highest BCUT2D eigenvalue weighted by atomic mass is 32.2. The lowest BCUT2D eigenvalue weighted by Crippen LogP contribution is -2.39. The standard InChI is InChI=1S/C25H22FN5O4S/c1-30-15-20(14-28-30)16-2-3-18-13-27-24(12-19(18)10-16)29-25(33)17-4-5-22(26)23(11-17)36(34,35)31-8-6-21(32)7-9-31/h2-5,10-15H,6-9H2,1H3,(H,27,29,33). The van der Waals surface area contributed by atoms with Crippen LogP contribution in [0.1, 0.15) is 23.2 Å². The van der Waals surface area contributed by atoms with Gasteiger partial charge in [-0.1, -0.05) is 12.1 Å². The van der Waals surface area contributed by atoms with Gasteiger partial charge in [0.15, 0.2) is 0 Å².